The summed E-state index contributed by atoms with van der Waals surface area (Å²) in [5.41, 5.74) is 4.13. The highest BCUT2D eigenvalue weighted by molar-refractivity contribution is 6.31. The number of aromatic nitrogens is 2. The summed E-state index contributed by atoms with van der Waals surface area (Å²) in [6.45, 7) is 7.73. The summed E-state index contributed by atoms with van der Waals surface area (Å²) >= 11 is 6.21. The molecule has 1 aromatic heterocycles. The number of rotatable bonds is 9. The third-order valence-corrected chi connectivity index (χ3v) is 7.38. The van der Waals surface area contributed by atoms with Gasteiger partial charge in [-0.2, -0.15) is 5.10 Å². The van der Waals surface area contributed by atoms with Gasteiger partial charge in [-0.05, 0) is 62.6 Å². The number of amides is 1. The minimum atomic E-state index is -0.272. The number of benzene rings is 2. The topological polar surface area (TPSA) is 61.5 Å². The lowest BCUT2D eigenvalue weighted by molar-refractivity contribution is -0.135. The van der Waals surface area contributed by atoms with Crippen molar-refractivity contribution in [3.8, 4) is 5.75 Å². The van der Waals surface area contributed by atoms with Gasteiger partial charge in [0.15, 0.2) is 0 Å². The number of aryl methyl sites for hydroxylation is 2. The highest BCUT2D eigenvalue weighted by Gasteiger charge is 2.39. The summed E-state index contributed by atoms with van der Waals surface area (Å²) in [6.07, 6.45) is 4.32. The van der Waals surface area contributed by atoms with Gasteiger partial charge >= 0.3 is 0 Å². The Morgan fingerprint density at radius 2 is 2.03 bits per heavy atom. The number of hydrogen-bond acceptors (Lipinski definition) is 4. The normalized spacial score (nSPS) is 18.4. The van der Waals surface area contributed by atoms with Crippen molar-refractivity contribution in [3.05, 3.63) is 82.1 Å². The zero-order chi connectivity index (χ0) is 24.8. The van der Waals surface area contributed by atoms with E-state index in [2.05, 4.69) is 27.2 Å². The summed E-state index contributed by atoms with van der Waals surface area (Å²) < 4.78 is 6.32. The number of aromatic amines is 1. The average Bonchev–Trinajstić information content (AvgIpc) is 3.25. The summed E-state index contributed by atoms with van der Waals surface area (Å²) in [4.78, 5) is 17.7. The van der Waals surface area contributed by atoms with Crippen LogP contribution in [-0.2, 0) is 17.9 Å². The third-order valence-electron chi connectivity index (χ3n) is 6.96. The molecule has 1 N–H and O–H groups in total. The van der Waals surface area contributed by atoms with Gasteiger partial charge in [0, 0.05) is 54.8 Å². The molecule has 3 aromatic rings. The Bertz CT molecular complexity index is 1130. The van der Waals surface area contributed by atoms with Crippen molar-refractivity contribution in [3.63, 3.8) is 0 Å². The average molecular weight is 495 g/mol. The standard InChI is InChI=1S/C28H35ClN4O2/c1-21-14-25(10-11-26(21)29)35-20-28(15-27(34)32(3)17-23-8-5-4-6-9-23)12-7-13-33(19-28)18-24-16-30-31-22(24)2/h4-6,8-11,14,16H,7,12-13,15,17-20H2,1-3H3,(H,30,31)/t28-/m1/s1. The first-order valence-corrected chi connectivity index (χ1v) is 12.6. The second-order valence-corrected chi connectivity index (χ2v) is 10.4. The highest BCUT2D eigenvalue weighted by atomic mass is 35.5. The molecule has 0 bridgehead atoms. The number of carbonyl (C=O) groups excluding carboxylic acids is 1. The first-order chi connectivity index (χ1) is 16.8. The molecule has 4 rings (SSSR count). The minimum absolute atomic E-state index is 0.145. The molecule has 1 aliphatic heterocycles. The third kappa shape index (κ3) is 6.65. The maximum absolute atomic E-state index is 13.4. The number of nitrogens with one attached hydrogen (secondary N) is 1. The smallest absolute Gasteiger partial charge is 0.223 e. The van der Waals surface area contributed by atoms with Gasteiger partial charge in [-0.15, -0.1) is 0 Å². The molecule has 2 heterocycles. The van der Waals surface area contributed by atoms with Gasteiger partial charge in [-0.1, -0.05) is 41.9 Å². The molecule has 0 radical (unpaired) electrons. The van der Waals surface area contributed by atoms with Crippen molar-refractivity contribution in [1.82, 2.24) is 20.0 Å². The molecule has 1 fully saturated rings. The van der Waals surface area contributed by atoms with Gasteiger partial charge in [-0.25, -0.2) is 0 Å². The van der Waals surface area contributed by atoms with Crippen LogP contribution in [0.4, 0.5) is 0 Å². The van der Waals surface area contributed by atoms with Crippen LogP contribution in [0.2, 0.25) is 5.02 Å². The fourth-order valence-electron chi connectivity index (χ4n) is 4.88. The van der Waals surface area contributed by atoms with E-state index in [1.807, 2.05) is 68.4 Å². The van der Waals surface area contributed by atoms with Gasteiger partial charge in [0.05, 0.1) is 12.8 Å². The largest absolute Gasteiger partial charge is 0.493 e. The van der Waals surface area contributed by atoms with E-state index in [0.29, 0.717) is 19.6 Å². The lowest BCUT2D eigenvalue weighted by Crippen LogP contribution is -2.48. The SMILES string of the molecule is Cc1cc(OC[C@@]2(CC(=O)N(C)Cc3ccccc3)CCCN(Cc3cn[nH]c3C)C2)ccc1Cl. The van der Waals surface area contributed by atoms with Gasteiger partial charge in [0.2, 0.25) is 5.91 Å². The first-order valence-electron chi connectivity index (χ1n) is 12.2. The van der Waals surface area contributed by atoms with E-state index < -0.39 is 0 Å². The zero-order valence-electron chi connectivity index (χ0n) is 20.9. The van der Waals surface area contributed by atoms with Crippen LogP contribution >= 0.6 is 11.6 Å². The van der Waals surface area contributed by atoms with Crippen molar-refractivity contribution < 1.29 is 9.53 Å². The number of piperidine rings is 1. The quantitative estimate of drug-likeness (QED) is 0.433. The molecule has 0 unspecified atom stereocenters. The fourth-order valence-corrected chi connectivity index (χ4v) is 5.00. The number of halogens is 1. The van der Waals surface area contributed by atoms with Crippen molar-refractivity contribution in [2.75, 3.05) is 26.7 Å². The molecule has 2 aromatic carbocycles. The molecule has 6 nitrogen and oxygen atoms in total. The Balaban J connectivity index is 1.50. The lowest BCUT2D eigenvalue weighted by Gasteiger charge is -2.43. The summed E-state index contributed by atoms with van der Waals surface area (Å²) in [5.74, 6) is 0.935. The van der Waals surface area contributed by atoms with Crippen molar-refractivity contribution in [2.24, 2.45) is 5.41 Å². The molecule has 0 aliphatic carbocycles. The van der Waals surface area contributed by atoms with E-state index in [1.165, 1.54) is 5.56 Å². The van der Waals surface area contributed by atoms with Crippen molar-refractivity contribution in [1.29, 1.82) is 0 Å². The Morgan fingerprint density at radius 1 is 1.23 bits per heavy atom. The second kappa shape index (κ2) is 11.3. The molecule has 1 saturated heterocycles. The highest BCUT2D eigenvalue weighted by Crippen LogP contribution is 2.36. The number of H-pyrrole nitrogens is 1. The summed E-state index contributed by atoms with van der Waals surface area (Å²) in [5, 5.41) is 7.94. The van der Waals surface area contributed by atoms with Crippen LogP contribution in [0.15, 0.2) is 54.7 Å². The Hall–Kier alpha value is -2.83. The molecule has 0 saturated carbocycles. The van der Waals surface area contributed by atoms with Crippen LogP contribution in [0.3, 0.4) is 0 Å². The van der Waals surface area contributed by atoms with Crippen LogP contribution in [0.5, 0.6) is 5.75 Å². The summed E-state index contributed by atoms with van der Waals surface area (Å²) in [7, 11) is 1.89. The van der Waals surface area contributed by atoms with Crippen LogP contribution in [0, 0.1) is 19.3 Å². The Kier molecular flexibility index (Phi) is 8.14. The van der Waals surface area contributed by atoms with E-state index >= 15 is 0 Å². The fraction of sp³-hybridized carbons (Fsp3) is 0.429. The molecule has 1 amide bonds. The molecule has 186 valence electrons. The molecular formula is C28H35ClN4O2. The van der Waals surface area contributed by atoms with E-state index in [4.69, 9.17) is 16.3 Å². The van der Waals surface area contributed by atoms with Gasteiger partial charge in [0.25, 0.3) is 0 Å². The Labute approximate surface area is 213 Å². The van der Waals surface area contributed by atoms with E-state index in [9.17, 15) is 4.79 Å². The van der Waals surface area contributed by atoms with Crippen LogP contribution in [0.1, 0.15) is 41.6 Å². The van der Waals surface area contributed by atoms with E-state index in [-0.39, 0.29) is 11.3 Å². The number of hydrogen-bond donors (Lipinski definition) is 1. The molecule has 7 heteroatoms. The van der Waals surface area contributed by atoms with Crippen molar-refractivity contribution >= 4 is 17.5 Å². The molecule has 1 atom stereocenters. The van der Waals surface area contributed by atoms with Crippen LogP contribution < -0.4 is 4.74 Å². The van der Waals surface area contributed by atoms with Crippen LogP contribution in [0.25, 0.3) is 0 Å². The summed E-state index contributed by atoms with van der Waals surface area (Å²) in [6, 6.07) is 15.9. The predicted octanol–water partition coefficient (Wildman–Crippen LogP) is 5.39. The molecule has 1 aliphatic rings. The monoisotopic (exact) mass is 494 g/mol. The van der Waals surface area contributed by atoms with E-state index in [1.54, 1.807) is 0 Å². The van der Waals surface area contributed by atoms with Gasteiger partial charge in [0.1, 0.15) is 5.75 Å². The molecule has 0 spiro atoms. The van der Waals surface area contributed by atoms with Crippen LogP contribution in [-0.4, -0.2) is 52.6 Å². The van der Waals surface area contributed by atoms with Crippen molar-refractivity contribution in [2.45, 2.75) is 46.2 Å². The lowest BCUT2D eigenvalue weighted by atomic mass is 9.77. The predicted molar refractivity (Wildman–Crippen MR) is 139 cm³/mol. The second-order valence-electron chi connectivity index (χ2n) is 9.95. The maximum Gasteiger partial charge on any atom is 0.223 e. The minimum Gasteiger partial charge on any atom is -0.493 e. The van der Waals surface area contributed by atoms with Gasteiger partial charge in [-0.3, -0.25) is 14.8 Å². The van der Waals surface area contributed by atoms with E-state index in [0.717, 1.165) is 60.1 Å². The first kappa shape index (κ1) is 25.3. The number of ether oxygens (including phenoxy) is 1. The Morgan fingerprint density at radius 3 is 2.74 bits per heavy atom. The maximum atomic E-state index is 13.4. The van der Waals surface area contributed by atoms with Gasteiger partial charge < -0.3 is 9.64 Å². The number of likely N-dealkylation sites (tertiary alicyclic amines) is 1. The molecular weight excluding hydrogens is 460 g/mol. The number of nitrogens with zero attached hydrogens (tertiary/aromatic N) is 3. The zero-order valence-corrected chi connectivity index (χ0v) is 21.6. The molecule has 35 heavy (non-hydrogen) atoms. The number of carbonyl (C=O) groups is 1.